The van der Waals surface area contributed by atoms with Crippen LogP contribution < -0.4 is 26.2 Å². The molecular weight excluding hydrogens is 1000 g/mol. The highest BCUT2D eigenvalue weighted by Gasteiger charge is 2.46. The average molecular weight is 1050 g/mol. The van der Waals surface area contributed by atoms with Crippen LogP contribution in [-0.4, -0.2) is 11.7 Å². The molecule has 0 amide bonds. The van der Waals surface area contributed by atoms with Gasteiger partial charge in [-0.25, -0.2) is 4.98 Å². The normalized spacial score (nSPS) is 12.7. The smallest absolute Gasteiger partial charge is 0.253 e. The number of aromatic nitrogens is 1. The zero-order chi connectivity index (χ0) is 54.3. The van der Waals surface area contributed by atoms with E-state index in [2.05, 4.69) is 301 Å². The van der Waals surface area contributed by atoms with Crippen molar-refractivity contribution < 1.29 is 0 Å². The molecule has 0 atom stereocenters. The first kappa shape index (κ1) is 46.0. The maximum atomic E-state index is 5.42. The Labute approximate surface area is 481 Å². The van der Waals surface area contributed by atoms with E-state index < -0.39 is 0 Å². The molecule has 0 spiro atoms. The summed E-state index contributed by atoms with van der Waals surface area (Å²) in [6.45, 7) is -0.176. The predicted molar refractivity (Wildman–Crippen MR) is 353 cm³/mol. The van der Waals surface area contributed by atoms with E-state index in [0.29, 0.717) is 0 Å². The van der Waals surface area contributed by atoms with Crippen LogP contribution in [0, 0.1) is 0 Å². The van der Waals surface area contributed by atoms with Crippen LogP contribution in [0.25, 0.3) is 121 Å². The van der Waals surface area contributed by atoms with Crippen molar-refractivity contribution >= 4 is 122 Å². The van der Waals surface area contributed by atoms with Crippen molar-refractivity contribution in [3.63, 3.8) is 0 Å². The van der Waals surface area contributed by atoms with Gasteiger partial charge in [0.15, 0.2) is 0 Å². The molecule has 0 unspecified atom stereocenters. The molecule has 3 heterocycles. The van der Waals surface area contributed by atoms with Crippen LogP contribution in [0.1, 0.15) is 0 Å². The van der Waals surface area contributed by atoms with E-state index in [-0.39, 0.29) is 6.71 Å². The first-order chi connectivity index (χ1) is 41.1. The summed E-state index contributed by atoms with van der Waals surface area (Å²) in [6.07, 6.45) is 0. The van der Waals surface area contributed by atoms with Crippen molar-refractivity contribution in [3.8, 4) is 55.9 Å². The number of rotatable bonds is 7. The maximum Gasteiger partial charge on any atom is 0.253 e. The van der Waals surface area contributed by atoms with E-state index in [9.17, 15) is 0 Å². The van der Waals surface area contributed by atoms with Crippen molar-refractivity contribution in [2.24, 2.45) is 0 Å². The Kier molecular flexibility index (Phi) is 9.89. The van der Waals surface area contributed by atoms with Gasteiger partial charge in [0, 0.05) is 45.3 Å². The van der Waals surface area contributed by atoms with Gasteiger partial charge in [-0.05, 0) is 175 Å². The Balaban J connectivity index is 1.00. The van der Waals surface area contributed by atoms with Gasteiger partial charge in [-0.2, -0.15) is 0 Å². The van der Waals surface area contributed by atoms with Gasteiger partial charge in [0.1, 0.15) is 0 Å². The van der Waals surface area contributed by atoms with E-state index in [1.54, 1.807) is 0 Å². The number of hydrogen-bond acceptors (Lipinski definition) is 3. The largest absolute Gasteiger partial charge is 0.311 e. The minimum atomic E-state index is -0.176. The van der Waals surface area contributed by atoms with Crippen LogP contribution in [-0.2, 0) is 0 Å². The average Bonchev–Trinajstić information content (AvgIpc) is 2.16. The molecular formula is C79H48BN3. The van der Waals surface area contributed by atoms with Crippen LogP contribution in [0.5, 0.6) is 0 Å². The number of fused-ring (bicyclic) bond motifs is 6. The number of pyridine rings is 1. The van der Waals surface area contributed by atoms with Gasteiger partial charge in [-0.1, -0.05) is 231 Å². The van der Waals surface area contributed by atoms with E-state index in [4.69, 9.17) is 4.98 Å². The molecule has 382 valence electrons. The third-order valence-corrected chi connectivity index (χ3v) is 18.1. The molecule has 4 heteroatoms. The van der Waals surface area contributed by atoms with Crippen molar-refractivity contribution in [3.05, 3.63) is 291 Å². The van der Waals surface area contributed by atoms with Gasteiger partial charge in [-0.3, -0.25) is 0 Å². The molecule has 0 aliphatic carbocycles. The lowest BCUT2D eigenvalue weighted by Gasteiger charge is -2.45. The zero-order valence-corrected chi connectivity index (χ0v) is 45.1. The van der Waals surface area contributed by atoms with Crippen molar-refractivity contribution in [1.29, 1.82) is 0 Å². The third-order valence-electron chi connectivity index (χ3n) is 18.1. The summed E-state index contributed by atoms with van der Waals surface area (Å²) in [5, 5.41) is 15.3. The molecule has 2 aliphatic heterocycles. The standard InChI is InChI=1S/C79H48BN3/c1-5-15-49(16-6-1)51-31-37-63(38-32-51)82-69-45-59-29-27-55-23-13-25-57-35-41-65(75(59)73(55)57)77(69)80-78-66-42-36-58-26-14-24-56-28-30-60(76(66)74(56)58)46-70(78)83(64-39-33-52(34-40-64)50-17-7-2-8-18-50)72-48-62(47-71(82)79(72)80)61-43-67(53-19-9-3-10-20-53)81-68(44-61)54-21-11-4-12-22-54/h1-48H. The SMILES string of the molecule is c1ccc(-c2ccc(N3c4cc(-c5cc(-c6ccccc6)nc(-c6ccccc6)c5)cc5c4B(c4c3cc3ccc6cccc7ccc4c3c67)c3c(cc4ccc6cccc7ccc3c4c67)N5c3ccc(-c4ccccc4)cc3)cc2)cc1. The number of benzene rings is 15. The summed E-state index contributed by atoms with van der Waals surface area (Å²) in [5.74, 6) is 0. The van der Waals surface area contributed by atoms with E-state index in [0.717, 1.165) is 56.4 Å². The Bertz CT molecular complexity index is 4890. The van der Waals surface area contributed by atoms with Crippen LogP contribution in [0.2, 0.25) is 0 Å². The quantitative estimate of drug-likeness (QED) is 0.117. The molecule has 0 N–H and O–H groups in total. The molecule has 16 aromatic rings. The summed E-state index contributed by atoms with van der Waals surface area (Å²) in [4.78, 5) is 10.6. The van der Waals surface area contributed by atoms with Gasteiger partial charge >= 0.3 is 0 Å². The van der Waals surface area contributed by atoms with Crippen LogP contribution in [0.3, 0.4) is 0 Å². The first-order valence-electron chi connectivity index (χ1n) is 28.8. The van der Waals surface area contributed by atoms with E-state index >= 15 is 0 Å². The Morgan fingerprint density at radius 1 is 0.229 bits per heavy atom. The fourth-order valence-electron chi connectivity index (χ4n) is 14.4. The highest BCUT2D eigenvalue weighted by molar-refractivity contribution is 7.03. The highest BCUT2D eigenvalue weighted by Crippen LogP contribution is 2.51. The molecule has 0 bridgehead atoms. The van der Waals surface area contributed by atoms with Crippen LogP contribution >= 0.6 is 0 Å². The van der Waals surface area contributed by atoms with E-state index in [1.165, 1.54) is 115 Å². The molecule has 0 fully saturated rings. The molecule has 15 aromatic carbocycles. The second-order valence-electron chi connectivity index (χ2n) is 22.5. The Morgan fingerprint density at radius 3 is 0.976 bits per heavy atom. The second kappa shape index (κ2) is 17.8. The molecule has 0 saturated carbocycles. The minimum Gasteiger partial charge on any atom is -0.311 e. The summed E-state index contributed by atoms with van der Waals surface area (Å²) in [6, 6.07) is 108. The summed E-state index contributed by atoms with van der Waals surface area (Å²) >= 11 is 0. The topological polar surface area (TPSA) is 19.4 Å². The lowest BCUT2D eigenvalue weighted by Crippen LogP contribution is -2.61. The molecule has 2 aliphatic rings. The molecule has 1 aromatic heterocycles. The maximum absolute atomic E-state index is 5.42. The summed E-state index contributed by atoms with van der Waals surface area (Å²) in [7, 11) is 0. The summed E-state index contributed by atoms with van der Waals surface area (Å²) in [5.41, 5.74) is 21.7. The van der Waals surface area contributed by atoms with Gasteiger partial charge in [0.05, 0.1) is 11.4 Å². The van der Waals surface area contributed by atoms with Gasteiger partial charge in [0.25, 0.3) is 6.71 Å². The number of nitrogens with zero attached hydrogens (tertiary/aromatic N) is 3. The number of anilines is 6. The lowest BCUT2D eigenvalue weighted by atomic mass is 9.32. The van der Waals surface area contributed by atoms with Crippen LogP contribution in [0.4, 0.5) is 34.1 Å². The predicted octanol–water partition coefficient (Wildman–Crippen LogP) is 19.3. The van der Waals surface area contributed by atoms with Gasteiger partial charge in [0.2, 0.25) is 0 Å². The fourth-order valence-corrected chi connectivity index (χ4v) is 14.4. The molecule has 83 heavy (non-hydrogen) atoms. The van der Waals surface area contributed by atoms with Crippen molar-refractivity contribution in [2.75, 3.05) is 9.80 Å². The highest BCUT2D eigenvalue weighted by atomic mass is 15.2. The minimum absolute atomic E-state index is 0.176. The van der Waals surface area contributed by atoms with Gasteiger partial charge < -0.3 is 9.80 Å². The Morgan fingerprint density at radius 2 is 0.566 bits per heavy atom. The fraction of sp³-hybridized carbons (Fsp3) is 0. The molecule has 0 radical (unpaired) electrons. The molecule has 3 nitrogen and oxygen atoms in total. The zero-order valence-electron chi connectivity index (χ0n) is 45.1. The third kappa shape index (κ3) is 6.97. The van der Waals surface area contributed by atoms with Gasteiger partial charge in [-0.15, -0.1) is 0 Å². The summed E-state index contributed by atoms with van der Waals surface area (Å²) < 4.78 is 0. The van der Waals surface area contributed by atoms with Crippen molar-refractivity contribution in [1.82, 2.24) is 4.98 Å². The van der Waals surface area contributed by atoms with Crippen LogP contribution in [0.15, 0.2) is 291 Å². The Hall–Kier alpha value is -10.8. The van der Waals surface area contributed by atoms with Crippen molar-refractivity contribution in [2.45, 2.75) is 0 Å². The number of hydrogen-bond donors (Lipinski definition) is 0. The molecule has 18 rings (SSSR count). The lowest BCUT2D eigenvalue weighted by molar-refractivity contribution is 1.26. The first-order valence-corrected chi connectivity index (χ1v) is 28.8. The monoisotopic (exact) mass is 1050 g/mol. The molecule has 0 saturated heterocycles. The van der Waals surface area contributed by atoms with E-state index in [1.807, 2.05) is 0 Å². The second-order valence-corrected chi connectivity index (χ2v) is 22.5.